The summed E-state index contributed by atoms with van der Waals surface area (Å²) in [7, 11) is 0. The lowest BCUT2D eigenvalue weighted by Gasteiger charge is -1.85. The summed E-state index contributed by atoms with van der Waals surface area (Å²) in [6, 6.07) is 0. The second-order valence-corrected chi connectivity index (χ2v) is 5.87. The molecule has 0 amide bonds. The summed E-state index contributed by atoms with van der Waals surface area (Å²) in [5.74, 6) is 2.39. The molecule has 0 N–H and O–H groups in total. The van der Waals surface area contributed by atoms with Gasteiger partial charge in [0.15, 0.2) is 0 Å². The van der Waals surface area contributed by atoms with Crippen molar-refractivity contribution in [2.75, 3.05) is 30.9 Å². The summed E-state index contributed by atoms with van der Waals surface area (Å²) in [6.07, 6.45) is 2.07. The largest absolute Gasteiger partial charge is 0.282 e. The summed E-state index contributed by atoms with van der Waals surface area (Å²) in [5.41, 5.74) is 0. The molecule has 0 fully saturated rings. The molecule has 0 saturated heterocycles. The maximum atomic E-state index is 4.20. The molecule has 2 nitrogen and oxygen atoms in total. The molecular weight excluding hydrogens is 220 g/mol. The molecule has 2 heterocycles. The third-order valence-corrected chi connectivity index (χ3v) is 4.50. The fourth-order valence-electron chi connectivity index (χ4n) is 0.881. The van der Waals surface area contributed by atoms with E-state index in [2.05, 4.69) is 23.2 Å². The summed E-state index contributed by atoms with van der Waals surface area (Å²) < 4.78 is 1.25. The summed E-state index contributed by atoms with van der Waals surface area (Å²) >= 11 is 5.45. The molecule has 0 aliphatic carbocycles. The van der Waals surface area contributed by atoms with Gasteiger partial charge in [0.2, 0.25) is 0 Å². The lowest BCUT2D eigenvalue weighted by Crippen LogP contribution is -1.72. The molecule has 2 aliphatic heterocycles. The van der Waals surface area contributed by atoms with Gasteiger partial charge < -0.3 is 0 Å². The van der Waals surface area contributed by atoms with Crippen LogP contribution in [-0.4, -0.2) is 40.3 Å². The zero-order valence-corrected chi connectivity index (χ0v) is 10.4. The molecule has 0 saturated carbocycles. The average Bonchev–Trinajstić information content (AvgIpc) is 2.76. The van der Waals surface area contributed by atoms with Gasteiger partial charge >= 0.3 is 0 Å². The zero-order valence-electron chi connectivity index (χ0n) is 7.95. The smallest absolute Gasteiger partial charge is 0.124 e. The lowest BCUT2D eigenvalue weighted by atomic mass is 10.8. The first-order valence-electron chi connectivity index (χ1n) is 4.18. The van der Waals surface area contributed by atoms with Crippen LogP contribution in [0.3, 0.4) is 0 Å². The lowest BCUT2D eigenvalue weighted by molar-refractivity contribution is 1.17. The molecule has 0 atom stereocenters. The molecule has 0 bridgehead atoms. The van der Waals surface area contributed by atoms with Crippen molar-refractivity contribution in [1.29, 1.82) is 0 Å². The van der Waals surface area contributed by atoms with E-state index in [0.29, 0.717) is 0 Å². The molecule has 0 spiro atoms. The minimum absolute atomic E-state index is 1.03. The van der Waals surface area contributed by atoms with Crippen molar-refractivity contribution in [3.8, 4) is 0 Å². The Labute approximate surface area is 92.4 Å². The summed E-state index contributed by atoms with van der Waals surface area (Å²) in [5, 5.41) is 1.25. The van der Waals surface area contributed by atoms with Crippen molar-refractivity contribution in [3.05, 3.63) is 0 Å². The average molecular weight is 234 g/mol. The Bertz CT molecular complexity index is 213. The van der Waals surface area contributed by atoms with Crippen molar-refractivity contribution in [2.45, 2.75) is 6.92 Å². The van der Waals surface area contributed by atoms with E-state index >= 15 is 0 Å². The monoisotopic (exact) mass is 234 g/mol. The molecule has 0 aromatic heterocycles. The molecule has 74 valence electrons. The standard InChI is InChI=1S/C4H7NS2.C4H7NS/c1-6-4-5-2-3-7-4;1-4-5-2-3-6-4/h2-3H2,1H3;2-3H2,1H3. The molecule has 0 aromatic rings. The predicted molar refractivity (Wildman–Crippen MR) is 68.7 cm³/mol. The maximum Gasteiger partial charge on any atom is 0.124 e. The molecular formula is C8H14N2S3. The number of hydrogen-bond acceptors (Lipinski definition) is 5. The Kier molecular flexibility index (Phi) is 5.98. The molecule has 0 unspecified atom stereocenters. The van der Waals surface area contributed by atoms with Gasteiger partial charge in [0, 0.05) is 18.1 Å². The number of rotatable bonds is 0. The Balaban J connectivity index is 0.000000132. The van der Waals surface area contributed by atoms with Gasteiger partial charge in [0.25, 0.3) is 0 Å². The third kappa shape index (κ3) is 4.98. The van der Waals surface area contributed by atoms with E-state index in [0.717, 1.165) is 13.1 Å². The van der Waals surface area contributed by atoms with Crippen LogP contribution >= 0.6 is 35.3 Å². The Hall–Kier alpha value is 0.390. The van der Waals surface area contributed by atoms with Crippen LogP contribution in [0.25, 0.3) is 0 Å². The number of thioether (sulfide) groups is 3. The van der Waals surface area contributed by atoms with E-state index in [1.54, 1.807) is 11.8 Å². The van der Waals surface area contributed by atoms with Gasteiger partial charge in [-0.05, 0) is 13.2 Å². The van der Waals surface area contributed by atoms with Crippen LogP contribution in [0.4, 0.5) is 0 Å². The van der Waals surface area contributed by atoms with Gasteiger partial charge in [-0.25, -0.2) is 0 Å². The first-order chi connectivity index (χ1) is 6.33. The molecule has 0 aromatic carbocycles. The zero-order chi connectivity index (χ0) is 9.52. The molecule has 0 radical (unpaired) electrons. The van der Waals surface area contributed by atoms with Crippen molar-refractivity contribution in [3.63, 3.8) is 0 Å². The van der Waals surface area contributed by atoms with Crippen LogP contribution in [0.15, 0.2) is 9.98 Å². The summed E-state index contributed by atoms with van der Waals surface area (Å²) in [4.78, 5) is 8.31. The first-order valence-corrected chi connectivity index (χ1v) is 7.37. The topological polar surface area (TPSA) is 24.7 Å². The van der Waals surface area contributed by atoms with Crippen LogP contribution in [0.2, 0.25) is 0 Å². The van der Waals surface area contributed by atoms with Crippen molar-refractivity contribution >= 4 is 44.7 Å². The van der Waals surface area contributed by atoms with Crippen molar-refractivity contribution < 1.29 is 0 Å². The van der Waals surface area contributed by atoms with Crippen LogP contribution in [-0.2, 0) is 0 Å². The van der Waals surface area contributed by atoms with E-state index < -0.39 is 0 Å². The Morgan fingerprint density at radius 2 is 1.85 bits per heavy atom. The minimum Gasteiger partial charge on any atom is -0.282 e. The van der Waals surface area contributed by atoms with Crippen LogP contribution < -0.4 is 0 Å². The molecule has 2 aliphatic rings. The Morgan fingerprint density at radius 3 is 2.08 bits per heavy atom. The van der Waals surface area contributed by atoms with E-state index in [9.17, 15) is 0 Å². The second-order valence-electron chi connectivity index (χ2n) is 2.45. The third-order valence-electron chi connectivity index (χ3n) is 1.47. The van der Waals surface area contributed by atoms with Crippen LogP contribution in [0, 0.1) is 0 Å². The van der Waals surface area contributed by atoms with Gasteiger partial charge in [-0.1, -0.05) is 11.8 Å². The van der Waals surface area contributed by atoms with Gasteiger partial charge in [-0.3, -0.25) is 9.98 Å². The van der Waals surface area contributed by atoms with Crippen LogP contribution in [0.5, 0.6) is 0 Å². The van der Waals surface area contributed by atoms with Gasteiger partial charge in [-0.15, -0.1) is 23.5 Å². The number of nitrogens with zero attached hydrogens (tertiary/aromatic N) is 2. The highest BCUT2D eigenvalue weighted by molar-refractivity contribution is 8.38. The highest BCUT2D eigenvalue weighted by Gasteiger charge is 2.02. The van der Waals surface area contributed by atoms with Gasteiger partial charge in [-0.2, -0.15) is 0 Å². The highest BCUT2D eigenvalue weighted by Crippen LogP contribution is 2.18. The van der Waals surface area contributed by atoms with Crippen molar-refractivity contribution in [2.24, 2.45) is 9.98 Å². The van der Waals surface area contributed by atoms with E-state index in [1.807, 2.05) is 23.5 Å². The second kappa shape index (κ2) is 6.79. The highest BCUT2D eigenvalue weighted by atomic mass is 32.2. The summed E-state index contributed by atoms with van der Waals surface area (Å²) in [6.45, 7) is 4.12. The maximum absolute atomic E-state index is 4.20. The normalized spacial score (nSPS) is 20.5. The first kappa shape index (κ1) is 11.5. The van der Waals surface area contributed by atoms with Crippen molar-refractivity contribution in [1.82, 2.24) is 0 Å². The fraction of sp³-hybridized carbons (Fsp3) is 0.750. The molecule has 13 heavy (non-hydrogen) atoms. The van der Waals surface area contributed by atoms with E-state index in [-0.39, 0.29) is 0 Å². The van der Waals surface area contributed by atoms with Gasteiger partial charge in [0.05, 0.1) is 11.6 Å². The molecule has 5 heteroatoms. The number of aliphatic imine (C=N–C) groups is 2. The SMILES string of the molecule is CC1=NCCS1.CSC1=NCCS1. The fourth-order valence-corrected chi connectivity index (χ4v) is 3.02. The van der Waals surface area contributed by atoms with Crippen LogP contribution in [0.1, 0.15) is 6.92 Å². The Morgan fingerprint density at radius 1 is 1.15 bits per heavy atom. The number of hydrogen-bond donors (Lipinski definition) is 0. The quantitative estimate of drug-likeness (QED) is 0.644. The van der Waals surface area contributed by atoms with Gasteiger partial charge in [0.1, 0.15) is 4.38 Å². The minimum atomic E-state index is 1.03. The van der Waals surface area contributed by atoms with E-state index in [1.165, 1.54) is 20.9 Å². The van der Waals surface area contributed by atoms with E-state index in [4.69, 9.17) is 0 Å². The predicted octanol–water partition coefficient (Wildman–Crippen LogP) is 2.60. The molecule has 2 rings (SSSR count).